The van der Waals surface area contributed by atoms with E-state index in [9.17, 15) is 0 Å². The second-order valence-corrected chi connectivity index (χ2v) is 3.42. The highest BCUT2D eigenvalue weighted by atomic mass is 16.6. The number of nitrogens with two attached hydrogens (primary N) is 1. The highest BCUT2D eigenvalue weighted by Gasteiger charge is 2.52. The quantitative estimate of drug-likeness (QED) is 0.567. The summed E-state index contributed by atoms with van der Waals surface area (Å²) >= 11 is 0. The van der Waals surface area contributed by atoms with E-state index in [0.717, 1.165) is 13.0 Å². The average Bonchev–Trinajstić information content (AvgIpc) is 2.49. The molecule has 1 saturated heterocycles. The van der Waals surface area contributed by atoms with Crippen molar-refractivity contribution in [1.82, 2.24) is 0 Å². The van der Waals surface area contributed by atoms with Gasteiger partial charge in [0.05, 0.1) is 6.61 Å². The predicted octanol–water partition coefficient (Wildman–Crippen LogP) is 1.11. The molecule has 0 aliphatic carbocycles. The number of hydrogen-bond donors (Lipinski definition) is 1. The summed E-state index contributed by atoms with van der Waals surface area (Å²) in [4.78, 5) is 0. The van der Waals surface area contributed by atoms with E-state index in [0.29, 0.717) is 0 Å². The highest BCUT2D eigenvalue weighted by molar-refractivity contribution is 4.97. The van der Waals surface area contributed by atoms with Crippen molar-refractivity contribution < 1.29 is 4.74 Å². The fourth-order valence-corrected chi connectivity index (χ4v) is 0.768. The van der Waals surface area contributed by atoms with Crippen LogP contribution in [0.4, 0.5) is 0 Å². The van der Waals surface area contributed by atoms with Gasteiger partial charge in [-0.3, -0.25) is 0 Å². The Bertz CT molecular complexity index is 116. The SMILES string of the molecule is CCC(C)(C)[C@@]1(N)CO1. The fourth-order valence-electron chi connectivity index (χ4n) is 0.768. The zero-order valence-corrected chi connectivity index (χ0v) is 6.40. The summed E-state index contributed by atoms with van der Waals surface area (Å²) in [5.74, 6) is 0. The minimum atomic E-state index is -0.304. The second kappa shape index (κ2) is 1.70. The zero-order valence-electron chi connectivity index (χ0n) is 6.40. The van der Waals surface area contributed by atoms with Crippen molar-refractivity contribution in [3.8, 4) is 0 Å². The van der Waals surface area contributed by atoms with Crippen LogP contribution in [0.15, 0.2) is 0 Å². The Hall–Kier alpha value is -0.0800. The molecule has 2 heteroatoms. The summed E-state index contributed by atoms with van der Waals surface area (Å²) in [7, 11) is 0. The Labute approximate surface area is 56.4 Å². The number of epoxide rings is 1. The fraction of sp³-hybridized carbons (Fsp3) is 1.00. The normalized spacial score (nSPS) is 34.7. The van der Waals surface area contributed by atoms with Gasteiger partial charge in [-0.05, 0) is 6.42 Å². The number of hydrogen-bond acceptors (Lipinski definition) is 2. The van der Waals surface area contributed by atoms with Crippen LogP contribution in [0.3, 0.4) is 0 Å². The van der Waals surface area contributed by atoms with Gasteiger partial charge in [0.25, 0.3) is 0 Å². The minimum absolute atomic E-state index is 0.146. The Morgan fingerprint density at radius 1 is 1.67 bits per heavy atom. The van der Waals surface area contributed by atoms with E-state index < -0.39 is 0 Å². The monoisotopic (exact) mass is 129 g/mol. The van der Waals surface area contributed by atoms with Crippen molar-refractivity contribution in [2.75, 3.05) is 6.61 Å². The minimum Gasteiger partial charge on any atom is -0.353 e. The first-order chi connectivity index (χ1) is 4.02. The molecule has 1 rings (SSSR count). The van der Waals surface area contributed by atoms with Crippen molar-refractivity contribution in [2.24, 2.45) is 11.1 Å². The third-order valence-corrected chi connectivity index (χ3v) is 2.48. The molecule has 2 N–H and O–H groups in total. The van der Waals surface area contributed by atoms with Gasteiger partial charge >= 0.3 is 0 Å². The van der Waals surface area contributed by atoms with Gasteiger partial charge in [0.15, 0.2) is 0 Å². The molecule has 1 aliphatic heterocycles. The molecule has 0 bridgehead atoms. The largest absolute Gasteiger partial charge is 0.353 e. The van der Waals surface area contributed by atoms with Crippen molar-refractivity contribution in [1.29, 1.82) is 0 Å². The van der Waals surface area contributed by atoms with E-state index in [1.807, 2.05) is 0 Å². The summed E-state index contributed by atoms with van der Waals surface area (Å²) in [6.45, 7) is 7.14. The van der Waals surface area contributed by atoms with Crippen LogP contribution in [0.5, 0.6) is 0 Å². The lowest BCUT2D eigenvalue weighted by Gasteiger charge is -2.26. The van der Waals surface area contributed by atoms with Crippen LogP contribution in [0.1, 0.15) is 27.2 Å². The molecule has 1 aliphatic rings. The molecule has 54 valence electrons. The lowest BCUT2D eigenvalue weighted by Crippen LogP contribution is -2.40. The maximum atomic E-state index is 5.81. The second-order valence-electron chi connectivity index (χ2n) is 3.42. The van der Waals surface area contributed by atoms with Gasteiger partial charge in [0, 0.05) is 5.41 Å². The summed E-state index contributed by atoms with van der Waals surface area (Å²) in [6, 6.07) is 0. The molecule has 0 aromatic heterocycles. The van der Waals surface area contributed by atoms with Crippen molar-refractivity contribution in [3.63, 3.8) is 0 Å². The standard InChI is InChI=1S/C7H15NO/c1-4-6(2,3)7(8)5-9-7/h4-5,8H2,1-3H3/t7-/m1/s1. The van der Waals surface area contributed by atoms with Crippen LogP contribution in [-0.4, -0.2) is 12.3 Å². The van der Waals surface area contributed by atoms with E-state index >= 15 is 0 Å². The van der Waals surface area contributed by atoms with E-state index in [2.05, 4.69) is 20.8 Å². The van der Waals surface area contributed by atoms with Crippen LogP contribution in [0.2, 0.25) is 0 Å². The van der Waals surface area contributed by atoms with Crippen LogP contribution < -0.4 is 5.73 Å². The Kier molecular flexibility index (Phi) is 1.33. The third kappa shape index (κ3) is 0.970. The van der Waals surface area contributed by atoms with Gasteiger partial charge in [-0.2, -0.15) is 0 Å². The van der Waals surface area contributed by atoms with E-state index in [1.165, 1.54) is 0 Å². The van der Waals surface area contributed by atoms with E-state index in [1.54, 1.807) is 0 Å². The molecular formula is C7H15NO. The van der Waals surface area contributed by atoms with Gasteiger partial charge in [0.2, 0.25) is 0 Å². The number of rotatable bonds is 2. The first-order valence-corrected chi connectivity index (χ1v) is 3.45. The average molecular weight is 129 g/mol. The summed E-state index contributed by atoms with van der Waals surface area (Å²) in [5.41, 5.74) is 5.65. The summed E-state index contributed by atoms with van der Waals surface area (Å²) < 4.78 is 5.13. The lowest BCUT2D eigenvalue weighted by molar-refractivity contribution is 0.138. The first-order valence-electron chi connectivity index (χ1n) is 3.45. The molecule has 0 saturated carbocycles. The van der Waals surface area contributed by atoms with Gasteiger partial charge in [-0.15, -0.1) is 0 Å². The smallest absolute Gasteiger partial charge is 0.145 e. The Morgan fingerprint density at radius 3 is 2.22 bits per heavy atom. The molecule has 0 radical (unpaired) electrons. The van der Waals surface area contributed by atoms with Crippen LogP contribution >= 0.6 is 0 Å². The Morgan fingerprint density at radius 2 is 2.11 bits per heavy atom. The summed E-state index contributed by atoms with van der Waals surface area (Å²) in [5, 5.41) is 0. The van der Waals surface area contributed by atoms with Gasteiger partial charge < -0.3 is 10.5 Å². The predicted molar refractivity (Wildman–Crippen MR) is 36.9 cm³/mol. The van der Waals surface area contributed by atoms with Crippen molar-refractivity contribution in [3.05, 3.63) is 0 Å². The summed E-state index contributed by atoms with van der Waals surface area (Å²) in [6.07, 6.45) is 1.07. The molecule has 1 heterocycles. The molecule has 0 spiro atoms. The first kappa shape index (κ1) is 7.03. The molecule has 0 aromatic carbocycles. The molecular weight excluding hydrogens is 114 g/mol. The van der Waals surface area contributed by atoms with Crippen LogP contribution in [-0.2, 0) is 4.74 Å². The van der Waals surface area contributed by atoms with Crippen LogP contribution in [0, 0.1) is 5.41 Å². The molecule has 0 unspecified atom stereocenters. The van der Waals surface area contributed by atoms with Crippen LogP contribution in [0.25, 0.3) is 0 Å². The molecule has 1 fully saturated rings. The van der Waals surface area contributed by atoms with Crippen molar-refractivity contribution in [2.45, 2.75) is 32.9 Å². The molecule has 9 heavy (non-hydrogen) atoms. The van der Waals surface area contributed by atoms with E-state index in [4.69, 9.17) is 10.5 Å². The van der Waals surface area contributed by atoms with Crippen molar-refractivity contribution >= 4 is 0 Å². The topological polar surface area (TPSA) is 38.5 Å². The Balaban J connectivity index is 2.58. The van der Waals surface area contributed by atoms with E-state index in [-0.39, 0.29) is 11.1 Å². The number of ether oxygens (including phenoxy) is 1. The third-order valence-electron chi connectivity index (χ3n) is 2.48. The molecule has 2 nitrogen and oxygen atoms in total. The van der Waals surface area contributed by atoms with Gasteiger partial charge in [-0.25, -0.2) is 0 Å². The molecule has 1 atom stereocenters. The highest BCUT2D eigenvalue weighted by Crippen LogP contribution is 2.41. The maximum absolute atomic E-state index is 5.81. The van der Waals surface area contributed by atoms with Gasteiger partial charge in [0.1, 0.15) is 5.72 Å². The van der Waals surface area contributed by atoms with Gasteiger partial charge in [-0.1, -0.05) is 20.8 Å². The maximum Gasteiger partial charge on any atom is 0.145 e. The molecule has 0 amide bonds. The lowest BCUT2D eigenvalue weighted by atomic mass is 9.83. The molecule has 0 aromatic rings. The zero-order chi connectivity index (χ0) is 7.12.